The van der Waals surface area contributed by atoms with Crippen molar-refractivity contribution < 1.29 is 23.8 Å². The van der Waals surface area contributed by atoms with Crippen molar-refractivity contribution in [2.45, 2.75) is 63.5 Å². The molecule has 2 amide bonds. The Morgan fingerprint density at radius 3 is 2.67 bits per heavy atom. The summed E-state index contributed by atoms with van der Waals surface area (Å²) < 4.78 is 17.0. The van der Waals surface area contributed by atoms with Gasteiger partial charge in [0.25, 0.3) is 5.91 Å². The predicted molar refractivity (Wildman–Crippen MR) is 156 cm³/mol. The second-order valence-corrected chi connectivity index (χ2v) is 11.1. The Morgan fingerprint density at radius 2 is 1.93 bits per heavy atom. The summed E-state index contributed by atoms with van der Waals surface area (Å²) in [5.41, 5.74) is 3.20. The highest BCUT2D eigenvalue weighted by atomic mass is 35.5. The Hall–Kier alpha value is -2.81. The molecule has 0 saturated heterocycles. The molecule has 1 saturated carbocycles. The van der Waals surface area contributed by atoms with Crippen LogP contribution in [0.15, 0.2) is 36.4 Å². The molecule has 1 aliphatic heterocycles. The number of fused-ring (bicyclic) bond motifs is 1. The quantitative estimate of drug-likeness (QED) is 0.295. The zero-order valence-electron chi connectivity index (χ0n) is 23.6. The van der Waals surface area contributed by atoms with Gasteiger partial charge in [-0.05, 0) is 67.6 Å². The fourth-order valence-electron chi connectivity index (χ4n) is 5.82. The standard InChI is InChI=1S/C31H42ClN3O5/c1-33-20-25(16-21-8-4-3-5-9-21)35-30(36)27-18-23(19-28-26(27)12-7-14-39-28)29(22-10-6-11-24(32)17-22)40-15-13-34-31(37)38-2/h6,10-11,17-19,21,25,29,33H,3-5,7-9,12-16,20H2,1-2H3,(H,34,37)(H,35,36)/t25-,29?/m0/s1. The summed E-state index contributed by atoms with van der Waals surface area (Å²) in [5, 5.41) is 9.83. The normalized spacial score (nSPS) is 16.8. The third-order valence-corrected chi connectivity index (χ3v) is 7.96. The molecule has 2 atom stereocenters. The SMILES string of the molecule is CNC[C@H](CC1CCCCC1)NC(=O)c1cc(C(OCCNC(=O)OC)c2cccc(Cl)c2)cc2c1CCCO2. The molecular weight excluding hydrogens is 530 g/mol. The summed E-state index contributed by atoms with van der Waals surface area (Å²) >= 11 is 6.34. The first-order chi connectivity index (χ1) is 19.5. The zero-order valence-corrected chi connectivity index (χ0v) is 24.4. The van der Waals surface area contributed by atoms with Gasteiger partial charge in [-0.25, -0.2) is 4.79 Å². The van der Waals surface area contributed by atoms with Crippen molar-refractivity contribution in [3.8, 4) is 5.75 Å². The molecule has 1 fully saturated rings. The molecule has 40 heavy (non-hydrogen) atoms. The molecule has 1 heterocycles. The lowest BCUT2D eigenvalue weighted by Crippen LogP contribution is -2.43. The van der Waals surface area contributed by atoms with Gasteiger partial charge in [-0.2, -0.15) is 0 Å². The molecule has 0 bridgehead atoms. The second kappa shape index (κ2) is 15.3. The summed E-state index contributed by atoms with van der Waals surface area (Å²) in [5.74, 6) is 1.28. The van der Waals surface area contributed by atoms with E-state index >= 15 is 0 Å². The molecule has 218 valence electrons. The minimum absolute atomic E-state index is 0.0498. The van der Waals surface area contributed by atoms with E-state index in [1.807, 2.05) is 43.4 Å². The van der Waals surface area contributed by atoms with Crippen LogP contribution in [0.5, 0.6) is 5.75 Å². The molecule has 0 radical (unpaired) electrons. The van der Waals surface area contributed by atoms with Gasteiger partial charge < -0.3 is 30.2 Å². The minimum Gasteiger partial charge on any atom is -0.493 e. The summed E-state index contributed by atoms with van der Waals surface area (Å²) in [6.45, 7) is 1.83. The Morgan fingerprint density at radius 1 is 1.10 bits per heavy atom. The number of ether oxygens (including phenoxy) is 3. The van der Waals surface area contributed by atoms with Crippen LogP contribution in [0.1, 0.15) is 78.1 Å². The van der Waals surface area contributed by atoms with Crippen LogP contribution in [0.3, 0.4) is 0 Å². The van der Waals surface area contributed by atoms with Gasteiger partial charge in [0, 0.05) is 35.3 Å². The highest BCUT2D eigenvalue weighted by Crippen LogP contribution is 2.36. The number of alkyl carbamates (subject to hydrolysis) is 1. The summed E-state index contributed by atoms with van der Waals surface area (Å²) in [7, 11) is 3.25. The molecule has 3 N–H and O–H groups in total. The van der Waals surface area contributed by atoms with E-state index in [0.717, 1.165) is 48.2 Å². The number of rotatable bonds is 12. The van der Waals surface area contributed by atoms with Gasteiger partial charge in [-0.3, -0.25) is 4.79 Å². The molecule has 1 aliphatic carbocycles. The second-order valence-electron chi connectivity index (χ2n) is 10.7. The smallest absolute Gasteiger partial charge is 0.406 e. The number of nitrogens with one attached hydrogen (secondary N) is 3. The monoisotopic (exact) mass is 571 g/mol. The largest absolute Gasteiger partial charge is 0.493 e. The number of carbonyl (C=O) groups is 2. The molecule has 9 heteroatoms. The molecule has 1 unspecified atom stereocenters. The third kappa shape index (κ3) is 8.35. The van der Waals surface area contributed by atoms with Crippen molar-refractivity contribution in [2.75, 3.05) is 40.5 Å². The van der Waals surface area contributed by atoms with Crippen LogP contribution in [-0.2, 0) is 15.9 Å². The zero-order chi connectivity index (χ0) is 28.3. The van der Waals surface area contributed by atoms with Crippen molar-refractivity contribution in [1.29, 1.82) is 0 Å². The first-order valence-electron chi connectivity index (χ1n) is 14.4. The number of carbonyl (C=O) groups excluding carboxylic acids is 2. The predicted octanol–water partition coefficient (Wildman–Crippen LogP) is 5.42. The van der Waals surface area contributed by atoms with E-state index < -0.39 is 12.2 Å². The number of amides is 2. The van der Waals surface area contributed by atoms with Crippen molar-refractivity contribution in [3.63, 3.8) is 0 Å². The van der Waals surface area contributed by atoms with Crippen LogP contribution in [0.4, 0.5) is 4.79 Å². The number of hydrogen-bond donors (Lipinski definition) is 3. The molecular formula is C31H42ClN3O5. The Balaban J connectivity index is 1.61. The van der Waals surface area contributed by atoms with Gasteiger partial charge in [-0.15, -0.1) is 0 Å². The van der Waals surface area contributed by atoms with E-state index in [0.29, 0.717) is 23.1 Å². The lowest BCUT2D eigenvalue weighted by atomic mass is 9.84. The van der Waals surface area contributed by atoms with Gasteiger partial charge >= 0.3 is 6.09 Å². The van der Waals surface area contributed by atoms with Crippen LogP contribution in [0, 0.1) is 5.92 Å². The maximum Gasteiger partial charge on any atom is 0.406 e. The van der Waals surface area contributed by atoms with Crippen molar-refractivity contribution in [2.24, 2.45) is 5.92 Å². The number of likely N-dealkylation sites (N-methyl/N-ethyl adjacent to an activating group) is 1. The van der Waals surface area contributed by atoms with Crippen LogP contribution in [0.25, 0.3) is 0 Å². The van der Waals surface area contributed by atoms with E-state index in [4.69, 9.17) is 21.1 Å². The summed E-state index contributed by atoms with van der Waals surface area (Å²) in [6, 6.07) is 11.4. The molecule has 2 aromatic rings. The van der Waals surface area contributed by atoms with Crippen molar-refractivity contribution >= 4 is 23.6 Å². The van der Waals surface area contributed by atoms with E-state index in [9.17, 15) is 9.59 Å². The lowest BCUT2D eigenvalue weighted by molar-refractivity contribution is 0.0801. The number of benzene rings is 2. The lowest BCUT2D eigenvalue weighted by Gasteiger charge is -2.28. The van der Waals surface area contributed by atoms with Crippen LogP contribution in [0.2, 0.25) is 5.02 Å². The molecule has 2 aliphatic rings. The fourth-order valence-corrected chi connectivity index (χ4v) is 6.02. The molecule has 0 spiro atoms. The fraction of sp³-hybridized carbons (Fsp3) is 0.548. The number of methoxy groups -OCH3 is 1. The maximum atomic E-state index is 13.9. The van der Waals surface area contributed by atoms with Gasteiger partial charge in [0.1, 0.15) is 11.9 Å². The maximum absolute atomic E-state index is 13.9. The average Bonchev–Trinajstić information content (AvgIpc) is 2.97. The van der Waals surface area contributed by atoms with E-state index in [2.05, 4.69) is 20.7 Å². The van der Waals surface area contributed by atoms with E-state index in [1.54, 1.807) is 0 Å². The van der Waals surface area contributed by atoms with Crippen molar-refractivity contribution in [1.82, 2.24) is 16.0 Å². The Labute approximate surface area is 242 Å². The Bertz CT molecular complexity index is 1140. The molecule has 2 aromatic carbocycles. The topological polar surface area (TPSA) is 97.9 Å². The van der Waals surface area contributed by atoms with Crippen molar-refractivity contribution in [3.05, 3.63) is 63.7 Å². The van der Waals surface area contributed by atoms with Gasteiger partial charge in [-0.1, -0.05) is 55.8 Å². The Kier molecular flexibility index (Phi) is 11.5. The first-order valence-corrected chi connectivity index (χ1v) is 14.8. The third-order valence-electron chi connectivity index (χ3n) is 7.73. The van der Waals surface area contributed by atoms with Gasteiger partial charge in [0.15, 0.2) is 0 Å². The number of hydrogen-bond acceptors (Lipinski definition) is 6. The first kappa shape index (κ1) is 30.2. The summed E-state index contributed by atoms with van der Waals surface area (Å²) in [4.78, 5) is 25.4. The van der Waals surface area contributed by atoms with Gasteiger partial charge in [0.2, 0.25) is 0 Å². The van der Waals surface area contributed by atoms with Crippen LogP contribution >= 0.6 is 11.6 Å². The molecule has 0 aromatic heterocycles. The van der Waals surface area contributed by atoms with Gasteiger partial charge in [0.05, 0.1) is 20.3 Å². The highest BCUT2D eigenvalue weighted by Gasteiger charge is 2.27. The summed E-state index contributed by atoms with van der Waals surface area (Å²) in [6.07, 6.45) is 7.92. The van der Waals surface area contributed by atoms with Crippen LogP contribution < -0.4 is 20.7 Å². The number of halogens is 1. The molecule has 8 nitrogen and oxygen atoms in total. The van der Waals surface area contributed by atoms with E-state index in [1.165, 1.54) is 39.2 Å². The molecule has 4 rings (SSSR count). The highest BCUT2D eigenvalue weighted by molar-refractivity contribution is 6.30. The van der Waals surface area contributed by atoms with E-state index in [-0.39, 0.29) is 25.1 Å². The minimum atomic E-state index is -0.520. The van der Waals surface area contributed by atoms with Crippen LogP contribution in [-0.4, -0.2) is 58.5 Å². The average molecular weight is 572 g/mol.